The second-order valence-corrected chi connectivity index (χ2v) is 3.45. The largest absolute Gasteiger partial charge is 0.294 e. The molecule has 14 heavy (non-hydrogen) atoms. The lowest BCUT2D eigenvalue weighted by Crippen LogP contribution is -2.17. The molecule has 0 radical (unpaired) electrons. The van der Waals surface area contributed by atoms with Crippen LogP contribution in [0.15, 0.2) is 33.7 Å². The summed E-state index contributed by atoms with van der Waals surface area (Å²) in [5.41, 5.74) is -0.181. The van der Waals surface area contributed by atoms with Crippen LogP contribution in [0.25, 0.3) is 0 Å². The Kier molecular flexibility index (Phi) is 3.49. The van der Waals surface area contributed by atoms with Gasteiger partial charge in [0.1, 0.15) is 6.54 Å². The molecule has 1 rings (SSSR count). The number of aliphatic imine (C=N–C) groups is 1. The van der Waals surface area contributed by atoms with E-state index < -0.39 is 12.5 Å². The summed E-state index contributed by atoms with van der Waals surface area (Å²) >= 11 is 3.00. The Labute approximate surface area is 87.8 Å². The summed E-state index contributed by atoms with van der Waals surface area (Å²) < 4.78 is 26.9. The Morgan fingerprint density at radius 1 is 1.43 bits per heavy atom. The molecule has 5 heteroatoms. The van der Waals surface area contributed by atoms with E-state index in [4.69, 9.17) is 0 Å². The number of carbonyl (C=O) groups excluding carboxylic acids is 1. The summed E-state index contributed by atoms with van der Waals surface area (Å²) in [6.07, 6.45) is 1.09. The molecule has 0 heterocycles. The van der Waals surface area contributed by atoms with E-state index in [0.717, 1.165) is 6.08 Å². The fraction of sp³-hybridized carbons (Fsp3) is 0.222. The fourth-order valence-electron chi connectivity index (χ4n) is 0.975. The van der Waals surface area contributed by atoms with Crippen LogP contribution >= 0.6 is 15.9 Å². The third-order valence-electron chi connectivity index (χ3n) is 1.61. The molecule has 1 aromatic carbocycles. The zero-order valence-electron chi connectivity index (χ0n) is 7.01. The number of hydrogen-bond acceptors (Lipinski definition) is 2. The average molecular weight is 262 g/mol. The first-order valence-electron chi connectivity index (χ1n) is 3.74. The molecule has 0 aromatic heterocycles. The van der Waals surface area contributed by atoms with Crippen LogP contribution in [0.1, 0.15) is 5.56 Å². The maximum absolute atomic E-state index is 13.3. The van der Waals surface area contributed by atoms with Gasteiger partial charge in [0.15, 0.2) is 0 Å². The predicted octanol–water partition coefficient (Wildman–Crippen LogP) is 2.88. The van der Waals surface area contributed by atoms with Crippen LogP contribution in [0, 0.1) is 0 Å². The average Bonchev–Trinajstić information content (AvgIpc) is 2.15. The van der Waals surface area contributed by atoms with Crippen molar-refractivity contribution in [3.05, 3.63) is 34.3 Å². The van der Waals surface area contributed by atoms with Gasteiger partial charge in [-0.1, -0.05) is 34.1 Å². The Morgan fingerprint density at radius 3 is 2.64 bits per heavy atom. The van der Waals surface area contributed by atoms with Crippen molar-refractivity contribution in [3.8, 4) is 0 Å². The number of rotatable bonds is 3. The maximum Gasteiger partial charge on any atom is 0.294 e. The lowest BCUT2D eigenvalue weighted by atomic mass is 10.1. The molecular formula is C9H6BrF2NO. The Bertz CT molecular complexity index is 375. The van der Waals surface area contributed by atoms with Gasteiger partial charge in [-0.25, -0.2) is 4.79 Å². The molecule has 0 atom stereocenters. The number of isocyanates is 1. The molecule has 0 aliphatic heterocycles. The van der Waals surface area contributed by atoms with Crippen molar-refractivity contribution in [2.45, 2.75) is 5.92 Å². The normalized spacial score (nSPS) is 10.8. The third-order valence-corrected chi connectivity index (χ3v) is 2.30. The van der Waals surface area contributed by atoms with Crippen LogP contribution in [0.5, 0.6) is 0 Å². The van der Waals surface area contributed by atoms with E-state index in [1.165, 1.54) is 18.2 Å². The lowest BCUT2D eigenvalue weighted by Gasteiger charge is -2.14. The van der Waals surface area contributed by atoms with Gasteiger partial charge >= 0.3 is 0 Å². The SMILES string of the molecule is O=C=NCC(F)(F)c1ccccc1Br. The van der Waals surface area contributed by atoms with E-state index >= 15 is 0 Å². The van der Waals surface area contributed by atoms with Crippen molar-refractivity contribution in [1.82, 2.24) is 0 Å². The van der Waals surface area contributed by atoms with E-state index in [9.17, 15) is 13.6 Å². The highest BCUT2D eigenvalue weighted by Gasteiger charge is 2.33. The van der Waals surface area contributed by atoms with Gasteiger partial charge in [-0.2, -0.15) is 13.8 Å². The molecule has 2 nitrogen and oxygen atoms in total. The first-order valence-corrected chi connectivity index (χ1v) is 4.53. The molecule has 0 saturated carbocycles. The maximum atomic E-state index is 13.3. The van der Waals surface area contributed by atoms with Gasteiger partial charge in [0.25, 0.3) is 5.92 Å². The van der Waals surface area contributed by atoms with Gasteiger partial charge in [-0.3, -0.25) is 0 Å². The molecule has 0 saturated heterocycles. The molecule has 0 aliphatic rings. The fourth-order valence-corrected chi connectivity index (χ4v) is 1.55. The molecule has 0 bridgehead atoms. The number of hydrogen-bond donors (Lipinski definition) is 0. The van der Waals surface area contributed by atoms with Gasteiger partial charge in [0.05, 0.1) is 0 Å². The second kappa shape index (κ2) is 4.44. The van der Waals surface area contributed by atoms with E-state index in [1.807, 2.05) is 0 Å². The Hall–Kier alpha value is -1.06. The Balaban J connectivity index is 3.02. The molecule has 0 spiro atoms. The molecule has 0 aliphatic carbocycles. The van der Waals surface area contributed by atoms with Crippen molar-refractivity contribution < 1.29 is 13.6 Å². The third kappa shape index (κ3) is 2.47. The van der Waals surface area contributed by atoms with Crippen molar-refractivity contribution in [1.29, 1.82) is 0 Å². The highest BCUT2D eigenvalue weighted by atomic mass is 79.9. The minimum atomic E-state index is -3.14. The second-order valence-electron chi connectivity index (χ2n) is 2.59. The van der Waals surface area contributed by atoms with Gasteiger partial charge in [-0.15, -0.1) is 0 Å². The van der Waals surface area contributed by atoms with E-state index in [2.05, 4.69) is 20.9 Å². The van der Waals surface area contributed by atoms with Crippen molar-refractivity contribution in [2.75, 3.05) is 6.54 Å². The first kappa shape index (κ1) is 11.0. The van der Waals surface area contributed by atoms with Crippen molar-refractivity contribution in [2.24, 2.45) is 4.99 Å². The lowest BCUT2D eigenvalue weighted by molar-refractivity contribution is 0.00580. The molecular weight excluding hydrogens is 256 g/mol. The van der Waals surface area contributed by atoms with Gasteiger partial charge in [0.2, 0.25) is 6.08 Å². The topological polar surface area (TPSA) is 29.4 Å². The van der Waals surface area contributed by atoms with Crippen LogP contribution in [0.4, 0.5) is 8.78 Å². The van der Waals surface area contributed by atoms with Crippen LogP contribution in [0.2, 0.25) is 0 Å². The van der Waals surface area contributed by atoms with E-state index in [0.29, 0.717) is 4.47 Å². The minimum absolute atomic E-state index is 0.181. The summed E-state index contributed by atoms with van der Waals surface area (Å²) in [6.45, 7) is -0.876. The number of benzene rings is 1. The molecule has 0 unspecified atom stereocenters. The number of alkyl halides is 2. The number of nitrogens with zero attached hydrogens (tertiary/aromatic N) is 1. The highest BCUT2D eigenvalue weighted by Crippen LogP contribution is 2.33. The summed E-state index contributed by atoms with van der Waals surface area (Å²) in [7, 11) is 0. The van der Waals surface area contributed by atoms with Crippen LogP contribution in [-0.4, -0.2) is 12.6 Å². The summed E-state index contributed by atoms with van der Waals surface area (Å²) in [4.78, 5) is 12.6. The summed E-state index contributed by atoms with van der Waals surface area (Å²) in [5.74, 6) is -3.14. The zero-order chi connectivity index (χ0) is 10.6. The minimum Gasteiger partial charge on any atom is -0.211 e. The smallest absolute Gasteiger partial charge is 0.211 e. The molecule has 74 valence electrons. The predicted molar refractivity (Wildman–Crippen MR) is 51.0 cm³/mol. The van der Waals surface area contributed by atoms with Gasteiger partial charge < -0.3 is 0 Å². The monoisotopic (exact) mass is 261 g/mol. The summed E-state index contributed by atoms with van der Waals surface area (Å²) in [5, 5.41) is 0. The van der Waals surface area contributed by atoms with Crippen LogP contribution < -0.4 is 0 Å². The summed E-state index contributed by atoms with van der Waals surface area (Å²) in [6, 6.07) is 5.92. The van der Waals surface area contributed by atoms with E-state index in [1.54, 1.807) is 6.07 Å². The van der Waals surface area contributed by atoms with Crippen LogP contribution in [-0.2, 0) is 10.7 Å². The number of halogens is 3. The first-order chi connectivity index (χ1) is 6.58. The van der Waals surface area contributed by atoms with Gasteiger partial charge in [0, 0.05) is 10.0 Å². The van der Waals surface area contributed by atoms with Crippen molar-refractivity contribution >= 4 is 22.0 Å². The highest BCUT2D eigenvalue weighted by molar-refractivity contribution is 9.10. The van der Waals surface area contributed by atoms with Crippen molar-refractivity contribution in [3.63, 3.8) is 0 Å². The molecule has 0 amide bonds. The standard InChI is InChI=1S/C9H6BrF2NO/c10-8-4-2-1-3-7(8)9(11,12)5-13-6-14/h1-4H,5H2. The zero-order valence-corrected chi connectivity index (χ0v) is 8.59. The van der Waals surface area contributed by atoms with Gasteiger partial charge in [-0.05, 0) is 6.07 Å². The quantitative estimate of drug-likeness (QED) is 0.608. The van der Waals surface area contributed by atoms with E-state index in [-0.39, 0.29) is 5.56 Å². The Morgan fingerprint density at radius 2 is 2.07 bits per heavy atom. The molecule has 0 N–H and O–H groups in total. The molecule has 0 fully saturated rings. The molecule has 1 aromatic rings. The van der Waals surface area contributed by atoms with Crippen LogP contribution in [0.3, 0.4) is 0 Å².